The van der Waals surface area contributed by atoms with Crippen LogP contribution in [0.1, 0.15) is 43.5 Å². The molecule has 0 heterocycles. The molecule has 1 aromatic carbocycles. The van der Waals surface area contributed by atoms with Gasteiger partial charge in [-0.05, 0) is 44.0 Å². The summed E-state index contributed by atoms with van der Waals surface area (Å²) in [4.78, 5) is 22.0. The molecule has 0 aliphatic rings. The number of carbonyl (C=O) groups excluding carboxylic acids is 2. The summed E-state index contributed by atoms with van der Waals surface area (Å²) in [5.41, 5.74) is 0.679. The summed E-state index contributed by atoms with van der Waals surface area (Å²) in [5.74, 6) is 0.626. The quantitative estimate of drug-likeness (QED) is 0.411. The number of hydrogen-bond acceptors (Lipinski definition) is 4. The molecular weight excluding hydrogens is 244 g/mol. The predicted molar refractivity (Wildman–Crippen MR) is 72.4 cm³/mol. The maximum Gasteiger partial charge on any atom is 0.305 e. The van der Waals surface area contributed by atoms with Gasteiger partial charge in [-0.2, -0.15) is 0 Å². The topological polar surface area (TPSA) is 52.6 Å². The van der Waals surface area contributed by atoms with Crippen LogP contribution in [0.5, 0.6) is 5.75 Å². The minimum Gasteiger partial charge on any atom is -0.494 e. The lowest BCUT2D eigenvalue weighted by molar-refractivity contribution is -0.143. The Hall–Kier alpha value is -1.84. The highest BCUT2D eigenvalue weighted by Crippen LogP contribution is 2.13. The van der Waals surface area contributed by atoms with Crippen LogP contribution >= 0.6 is 0 Å². The molecule has 19 heavy (non-hydrogen) atoms. The number of ketones is 1. The normalized spacial score (nSPS) is 10.0. The number of rotatable bonds is 8. The lowest BCUT2D eigenvalue weighted by Crippen LogP contribution is -2.05. The molecule has 0 aliphatic carbocycles. The van der Waals surface area contributed by atoms with E-state index in [9.17, 15) is 9.59 Å². The van der Waals surface area contributed by atoms with Crippen molar-refractivity contribution < 1.29 is 19.1 Å². The predicted octanol–water partition coefficient (Wildman–Crippen LogP) is 3.00. The van der Waals surface area contributed by atoms with Crippen LogP contribution in [-0.4, -0.2) is 25.0 Å². The Kier molecular flexibility index (Phi) is 6.64. The molecule has 0 aliphatic heterocycles. The molecule has 0 spiro atoms. The second-order valence-electron chi connectivity index (χ2n) is 4.21. The average Bonchev–Trinajstić information content (AvgIpc) is 2.42. The molecular formula is C15H20O4. The minimum absolute atomic E-state index is 0.0456. The van der Waals surface area contributed by atoms with Gasteiger partial charge in [0, 0.05) is 12.0 Å². The zero-order chi connectivity index (χ0) is 14.1. The molecule has 104 valence electrons. The number of hydrogen-bond donors (Lipinski definition) is 0. The van der Waals surface area contributed by atoms with E-state index in [4.69, 9.17) is 9.47 Å². The third kappa shape index (κ3) is 6.04. The van der Waals surface area contributed by atoms with Gasteiger partial charge < -0.3 is 9.47 Å². The summed E-state index contributed by atoms with van der Waals surface area (Å²) < 4.78 is 10.5. The van der Waals surface area contributed by atoms with Crippen LogP contribution < -0.4 is 4.74 Å². The van der Waals surface area contributed by atoms with Gasteiger partial charge in [0.2, 0.25) is 0 Å². The molecule has 4 nitrogen and oxygen atoms in total. The summed E-state index contributed by atoms with van der Waals surface area (Å²) in [6, 6.07) is 7.07. The van der Waals surface area contributed by atoms with Gasteiger partial charge in [0.15, 0.2) is 5.78 Å². The van der Waals surface area contributed by atoms with E-state index in [0.29, 0.717) is 25.2 Å². The van der Waals surface area contributed by atoms with Crippen molar-refractivity contribution >= 4 is 11.8 Å². The number of benzene rings is 1. The maximum absolute atomic E-state index is 11.1. The van der Waals surface area contributed by atoms with Crippen molar-refractivity contribution in [3.63, 3.8) is 0 Å². The SMILES string of the molecule is CCC(=O)OCCCCOc1ccc(C(C)=O)cc1. The molecule has 0 saturated heterocycles. The fraction of sp³-hybridized carbons (Fsp3) is 0.467. The van der Waals surface area contributed by atoms with E-state index < -0.39 is 0 Å². The van der Waals surface area contributed by atoms with Gasteiger partial charge >= 0.3 is 5.97 Å². The first-order chi connectivity index (χ1) is 9.13. The zero-order valence-electron chi connectivity index (χ0n) is 11.5. The van der Waals surface area contributed by atoms with Gasteiger partial charge in [0.1, 0.15) is 5.75 Å². The molecule has 0 bridgehead atoms. The van der Waals surface area contributed by atoms with E-state index in [1.165, 1.54) is 6.92 Å². The third-order valence-electron chi connectivity index (χ3n) is 2.62. The van der Waals surface area contributed by atoms with E-state index in [1.807, 2.05) is 0 Å². The molecule has 0 saturated carbocycles. The van der Waals surface area contributed by atoms with Crippen molar-refractivity contribution in [2.75, 3.05) is 13.2 Å². The van der Waals surface area contributed by atoms with Crippen molar-refractivity contribution in [1.82, 2.24) is 0 Å². The Morgan fingerprint density at radius 2 is 1.68 bits per heavy atom. The highest BCUT2D eigenvalue weighted by atomic mass is 16.5. The average molecular weight is 264 g/mol. The summed E-state index contributed by atoms with van der Waals surface area (Å²) in [7, 11) is 0. The van der Waals surface area contributed by atoms with Crippen LogP contribution in [0.3, 0.4) is 0 Å². The fourth-order valence-corrected chi connectivity index (χ4v) is 1.47. The fourth-order valence-electron chi connectivity index (χ4n) is 1.47. The maximum atomic E-state index is 11.1. The van der Waals surface area contributed by atoms with Crippen molar-refractivity contribution in [2.24, 2.45) is 0 Å². The second kappa shape index (κ2) is 8.29. The minimum atomic E-state index is -0.166. The van der Waals surface area contributed by atoms with Crippen molar-refractivity contribution in [3.8, 4) is 5.75 Å². The Morgan fingerprint density at radius 1 is 1.05 bits per heavy atom. The van der Waals surface area contributed by atoms with E-state index in [2.05, 4.69) is 0 Å². The molecule has 0 fully saturated rings. The first-order valence-electron chi connectivity index (χ1n) is 6.53. The lowest BCUT2D eigenvalue weighted by Gasteiger charge is -2.07. The van der Waals surface area contributed by atoms with E-state index in [0.717, 1.165) is 18.6 Å². The van der Waals surface area contributed by atoms with E-state index in [1.54, 1.807) is 31.2 Å². The Bertz CT molecular complexity index is 409. The van der Waals surface area contributed by atoms with Gasteiger partial charge in [-0.15, -0.1) is 0 Å². The number of Topliss-reactive ketones (excluding diaryl/α,β-unsaturated/α-hetero) is 1. The van der Waals surface area contributed by atoms with Crippen LogP contribution in [0.2, 0.25) is 0 Å². The largest absolute Gasteiger partial charge is 0.494 e. The van der Waals surface area contributed by atoms with Crippen LogP contribution in [0.25, 0.3) is 0 Å². The number of esters is 1. The first-order valence-corrected chi connectivity index (χ1v) is 6.53. The molecule has 1 aromatic rings. The molecule has 4 heteroatoms. The zero-order valence-corrected chi connectivity index (χ0v) is 11.5. The molecule has 0 unspecified atom stereocenters. The summed E-state index contributed by atoms with van der Waals surface area (Å²) in [6.45, 7) is 4.33. The molecule has 1 rings (SSSR count). The van der Waals surface area contributed by atoms with E-state index in [-0.39, 0.29) is 11.8 Å². The number of unbranched alkanes of at least 4 members (excludes halogenated alkanes) is 1. The van der Waals surface area contributed by atoms with Crippen molar-refractivity contribution in [2.45, 2.75) is 33.1 Å². The molecule has 0 amide bonds. The number of ether oxygens (including phenoxy) is 2. The van der Waals surface area contributed by atoms with Crippen molar-refractivity contribution in [3.05, 3.63) is 29.8 Å². The van der Waals surface area contributed by atoms with Gasteiger partial charge in [-0.3, -0.25) is 9.59 Å². The third-order valence-corrected chi connectivity index (χ3v) is 2.62. The van der Waals surface area contributed by atoms with Crippen molar-refractivity contribution in [1.29, 1.82) is 0 Å². The number of carbonyl (C=O) groups is 2. The van der Waals surface area contributed by atoms with Gasteiger partial charge in [0.25, 0.3) is 0 Å². The van der Waals surface area contributed by atoms with Gasteiger partial charge in [-0.1, -0.05) is 6.92 Å². The van der Waals surface area contributed by atoms with Crippen LogP contribution in [0.4, 0.5) is 0 Å². The molecule has 0 atom stereocenters. The van der Waals surface area contributed by atoms with Crippen LogP contribution in [0, 0.1) is 0 Å². The van der Waals surface area contributed by atoms with Gasteiger partial charge in [0.05, 0.1) is 13.2 Å². The standard InChI is InChI=1S/C15H20O4/c1-3-15(17)19-11-5-4-10-18-14-8-6-13(7-9-14)12(2)16/h6-9H,3-5,10-11H2,1-2H3. The van der Waals surface area contributed by atoms with Crippen LogP contribution in [-0.2, 0) is 9.53 Å². The Labute approximate surface area is 113 Å². The van der Waals surface area contributed by atoms with E-state index >= 15 is 0 Å². The monoisotopic (exact) mass is 264 g/mol. The smallest absolute Gasteiger partial charge is 0.305 e. The molecule has 0 radical (unpaired) electrons. The molecule has 0 N–H and O–H groups in total. The Balaban J connectivity index is 2.15. The van der Waals surface area contributed by atoms with Crippen LogP contribution in [0.15, 0.2) is 24.3 Å². The Morgan fingerprint density at radius 3 is 2.26 bits per heavy atom. The second-order valence-corrected chi connectivity index (χ2v) is 4.21. The summed E-state index contributed by atoms with van der Waals surface area (Å²) >= 11 is 0. The van der Waals surface area contributed by atoms with Gasteiger partial charge in [-0.25, -0.2) is 0 Å². The summed E-state index contributed by atoms with van der Waals surface area (Å²) in [6.07, 6.45) is 2.03. The lowest BCUT2D eigenvalue weighted by atomic mass is 10.1. The highest BCUT2D eigenvalue weighted by Gasteiger charge is 2.00. The molecule has 0 aromatic heterocycles. The highest BCUT2D eigenvalue weighted by molar-refractivity contribution is 5.94. The summed E-state index contributed by atoms with van der Waals surface area (Å²) in [5, 5.41) is 0. The first kappa shape index (κ1) is 15.2.